The van der Waals surface area contributed by atoms with E-state index in [-0.39, 0.29) is 5.91 Å². The van der Waals surface area contributed by atoms with Gasteiger partial charge < -0.3 is 5.32 Å². The molecule has 8 heteroatoms. The molecule has 1 N–H and O–H groups in total. The number of nitrogens with one attached hydrogen (secondary N) is 1. The summed E-state index contributed by atoms with van der Waals surface area (Å²) in [6.45, 7) is 0. The van der Waals surface area contributed by atoms with E-state index in [1.807, 2.05) is 0 Å². The second-order valence-electron chi connectivity index (χ2n) is 3.42. The van der Waals surface area contributed by atoms with Crippen LogP contribution in [0, 0.1) is 0 Å². The van der Waals surface area contributed by atoms with Gasteiger partial charge in [0.1, 0.15) is 9.21 Å². The number of carbonyl (C=O) groups excluding carboxylic acids is 1. The highest BCUT2D eigenvalue weighted by Crippen LogP contribution is 2.24. The van der Waals surface area contributed by atoms with Gasteiger partial charge >= 0.3 is 0 Å². The van der Waals surface area contributed by atoms with Gasteiger partial charge in [-0.3, -0.25) is 4.79 Å². The van der Waals surface area contributed by atoms with Crippen LogP contribution in [-0.2, 0) is 0 Å². The maximum Gasteiger partial charge on any atom is 0.256 e. The first kappa shape index (κ1) is 14.9. The quantitative estimate of drug-likeness (QED) is 0.694. The highest BCUT2D eigenvalue weighted by molar-refractivity contribution is 9.11. The molecule has 2 rings (SSSR count). The van der Waals surface area contributed by atoms with Gasteiger partial charge in [-0.15, -0.1) is 0 Å². The number of amides is 1. The van der Waals surface area contributed by atoms with Gasteiger partial charge in [0.2, 0.25) is 0 Å². The Balaban J connectivity index is 2.23. The topological polar surface area (TPSA) is 54.9 Å². The van der Waals surface area contributed by atoms with E-state index in [4.69, 9.17) is 11.6 Å². The molecule has 4 nitrogen and oxygen atoms in total. The van der Waals surface area contributed by atoms with E-state index < -0.39 is 0 Å². The van der Waals surface area contributed by atoms with Crippen molar-refractivity contribution in [2.45, 2.75) is 0 Å². The zero-order valence-corrected chi connectivity index (χ0v) is 14.6. The molecule has 0 bridgehead atoms. The van der Waals surface area contributed by atoms with Crippen molar-refractivity contribution in [2.75, 3.05) is 5.32 Å². The number of rotatable bonds is 2. The minimum Gasteiger partial charge on any atom is -0.304 e. The highest BCUT2D eigenvalue weighted by atomic mass is 79.9. The molecule has 1 aromatic carbocycles. The Labute approximate surface area is 139 Å². The summed E-state index contributed by atoms with van der Waals surface area (Å²) in [6.07, 6.45) is 1.50. The van der Waals surface area contributed by atoms with Crippen LogP contribution in [0.4, 0.5) is 5.82 Å². The lowest BCUT2D eigenvalue weighted by Gasteiger charge is -2.06. The number of carbonyl (C=O) groups is 1. The molecule has 0 saturated heterocycles. The molecule has 0 saturated carbocycles. The molecule has 0 aliphatic carbocycles. The summed E-state index contributed by atoms with van der Waals surface area (Å²) < 4.78 is 1.68. The van der Waals surface area contributed by atoms with Crippen LogP contribution < -0.4 is 5.32 Å². The normalized spacial score (nSPS) is 10.3. The van der Waals surface area contributed by atoms with E-state index in [1.165, 1.54) is 6.20 Å². The molecule has 0 fully saturated rings. The van der Waals surface area contributed by atoms with E-state index in [0.717, 1.165) is 0 Å². The highest BCUT2D eigenvalue weighted by Gasteiger charge is 2.11. The van der Waals surface area contributed by atoms with Crippen LogP contribution in [0.1, 0.15) is 10.4 Å². The number of aromatic nitrogens is 2. The fraction of sp³-hybridized carbons (Fsp3) is 0. The SMILES string of the molecule is O=C(Nc1ncc(Br)nc1Br)c1ccc(Cl)c(Br)c1. The average Bonchev–Trinajstić information content (AvgIpc) is 2.36. The molecule has 2 aromatic rings. The number of halogens is 4. The molecule has 1 amide bonds. The second-order valence-corrected chi connectivity index (χ2v) is 6.24. The van der Waals surface area contributed by atoms with Gasteiger partial charge in [-0.05, 0) is 66.0 Å². The van der Waals surface area contributed by atoms with Crippen molar-refractivity contribution in [1.82, 2.24) is 9.97 Å². The fourth-order valence-corrected chi connectivity index (χ4v) is 2.65. The minimum atomic E-state index is -0.297. The van der Waals surface area contributed by atoms with Crippen LogP contribution in [0.25, 0.3) is 0 Å². The summed E-state index contributed by atoms with van der Waals surface area (Å²) in [7, 11) is 0. The Kier molecular flexibility index (Phi) is 4.94. The molecule has 0 radical (unpaired) electrons. The molecule has 0 unspecified atom stereocenters. The molecule has 1 heterocycles. The molecule has 0 aliphatic rings. The van der Waals surface area contributed by atoms with Gasteiger partial charge in [0.25, 0.3) is 5.91 Å². The first-order valence-corrected chi connectivity index (χ1v) is 7.67. The average molecular weight is 470 g/mol. The minimum absolute atomic E-state index is 0.297. The van der Waals surface area contributed by atoms with Crippen LogP contribution in [0.5, 0.6) is 0 Å². The van der Waals surface area contributed by atoms with Crippen LogP contribution >= 0.6 is 59.4 Å². The van der Waals surface area contributed by atoms with Crippen molar-refractivity contribution in [3.8, 4) is 0 Å². The first-order valence-electron chi connectivity index (χ1n) is 4.92. The predicted molar refractivity (Wildman–Crippen MR) is 84.5 cm³/mol. The van der Waals surface area contributed by atoms with E-state index >= 15 is 0 Å². The Morgan fingerprint density at radius 3 is 2.63 bits per heavy atom. The van der Waals surface area contributed by atoms with Gasteiger partial charge in [0.15, 0.2) is 5.82 Å². The summed E-state index contributed by atoms with van der Waals surface area (Å²) in [4.78, 5) is 20.2. The Hall–Kier alpha value is -0.500. The third-order valence-corrected chi connectivity index (χ3v) is 4.26. The van der Waals surface area contributed by atoms with Gasteiger partial charge in [-0.25, -0.2) is 9.97 Å². The maximum atomic E-state index is 12.0. The number of anilines is 1. The Bertz CT molecular complexity index is 651. The van der Waals surface area contributed by atoms with Crippen molar-refractivity contribution in [3.05, 3.63) is 48.7 Å². The van der Waals surface area contributed by atoms with Crippen molar-refractivity contribution in [1.29, 1.82) is 0 Å². The van der Waals surface area contributed by atoms with Gasteiger partial charge in [-0.1, -0.05) is 11.6 Å². The van der Waals surface area contributed by atoms with Crippen LogP contribution in [0.15, 0.2) is 38.1 Å². The third kappa shape index (κ3) is 3.75. The third-order valence-electron chi connectivity index (χ3n) is 2.11. The largest absolute Gasteiger partial charge is 0.304 e. The van der Waals surface area contributed by atoms with E-state index in [2.05, 4.69) is 63.1 Å². The summed E-state index contributed by atoms with van der Waals surface area (Å²) in [5.74, 6) is 0.0500. The fourth-order valence-electron chi connectivity index (χ4n) is 1.25. The molecule has 98 valence electrons. The Morgan fingerprint density at radius 2 is 2.00 bits per heavy atom. The number of nitrogens with zero attached hydrogens (tertiary/aromatic N) is 2. The van der Waals surface area contributed by atoms with Gasteiger partial charge in [0.05, 0.1) is 11.2 Å². The van der Waals surface area contributed by atoms with E-state index in [1.54, 1.807) is 18.2 Å². The summed E-state index contributed by atoms with van der Waals surface area (Å²) in [5, 5.41) is 3.20. The molecule has 0 atom stereocenters. The maximum absolute atomic E-state index is 12.0. The summed E-state index contributed by atoms with van der Waals surface area (Å²) in [5.41, 5.74) is 0.466. The van der Waals surface area contributed by atoms with Crippen molar-refractivity contribution >= 4 is 71.1 Å². The zero-order valence-electron chi connectivity index (χ0n) is 9.12. The first-order chi connectivity index (χ1) is 8.97. The monoisotopic (exact) mass is 467 g/mol. The van der Waals surface area contributed by atoms with Crippen molar-refractivity contribution in [2.24, 2.45) is 0 Å². The molecule has 0 aliphatic heterocycles. The van der Waals surface area contributed by atoms with Crippen LogP contribution in [-0.4, -0.2) is 15.9 Å². The molecular weight excluding hydrogens is 465 g/mol. The summed E-state index contributed by atoms with van der Waals surface area (Å²) >= 11 is 15.6. The number of hydrogen-bond donors (Lipinski definition) is 1. The molecule has 1 aromatic heterocycles. The lowest BCUT2D eigenvalue weighted by molar-refractivity contribution is 0.102. The lowest BCUT2D eigenvalue weighted by Crippen LogP contribution is -2.13. The summed E-state index contributed by atoms with van der Waals surface area (Å²) in [6, 6.07) is 4.91. The van der Waals surface area contributed by atoms with Crippen molar-refractivity contribution < 1.29 is 4.79 Å². The molecular formula is C11H5Br3ClN3O. The standard InChI is InChI=1S/C11H5Br3ClN3O/c12-6-3-5(1-2-7(6)15)11(19)18-10-9(14)17-8(13)4-16-10/h1-4H,(H,16,18,19). The molecule has 0 spiro atoms. The van der Waals surface area contributed by atoms with E-state index in [0.29, 0.717) is 30.1 Å². The number of hydrogen-bond acceptors (Lipinski definition) is 3. The predicted octanol–water partition coefficient (Wildman–Crippen LogP) is 4.67. The van der Waals surface area contributed by atoms with Gasteiger partial charge in [-0.2, -0.15) is 0 Å². The smallest absolute Gasteiger partial charge is 0.256 e. The molecule has 19 heavy (non-hydrogen) atoms. The lowest BCUT2D eigenvalue weighted by atomic mass is 10.2. The van der Waals surface area contributed by atoms with Crippen LogP contribution in [0.2, 0.25) is 5.02 Å². The van der Waals surface area contributed by atoms with Gasteiger partial charge in [0, 0.05) is 10.0 Å². The second kappa shape index (κ2) is 6.30. The van der Waals surface area contributed by atoms with Crippen LogP contribution in [0.3, 0.4) is 0 Å². The van der Waals surface area contributed by atoms with E-state index in [9.17, 15) is 4.79 Å². The Morgan fingerprint density at radius 1 is 1.26 bits per heavy atom. The van der Waals surface area contributed by atoms with Crippen molar-refractivity contribution in [3.63, 3.8) is 0 Å². The number of benzene rings is 1. The zero-order chi connectivity index (χ0) is 14.0.